The number of rotatable bonds is 9. The lowest BCUT2D eigenvalue weighted by Gasteiger charge is -2.13. The van der Waals surface area contributed by atoms with Crippen LogP contribution in [0.5, 0.6) is 0 Å². The zero-order valence-electron chi connectivity index (χ0n) is 12.5. The van der Waals surface area contributed by atoms with Gasteiger partial charge in [0.1, 0.15) is 6.61 Å². The first-order valence-corrected chi connectivity index (χ1v) is 7.39. The van der Waals surface area contributed by atoms with Crippen LogP contribution >= 0.6 is 0 Å². The number of nitrogen functional groups attached to an aromatic ring is 1. The fourth-order valence-corrected chi connectivity index (χ4v) is 1.96. The van der Waals surface area contributed by atoms with Crippen molar-refractivity contribution in [2.45, 2.75) is 52.1 Å². The fraction of sp³-hybridized carbons (Fsp3) is 0.562. The number of ether oxygens (including phenoxy) is 1. The van der Waals surface area contributed by atoms with Crippen molar-refractivity contribution in [2.24, 2.45) is 0 Å². The largest absolute Gasteiger partial charge is 0.397 e. The molecule has 0 saturated heterocycles. The van der Waals surface area contributed by atoms with Crippen LogP contribution < -0.4 is 11.1 Å². The highest BCUT2D eigenvalue weighted by atomic mass is 16.5. The molecule has 1 atom stereocenters. The first-order chi connectivity index (χ1) is 9.63. The molecule has 0 radical (unpaired) electrons. The molecule has 1 aromatic rings. The average molecular weight is 278 g/mol. The first-order valence-electron chi connectivity index (χ1n) is 7.39. The summed E-state index contributed by atoms with van der Waals surface area (Å²) in [6.45, 7) is 4.28. The van der Waals surface area contributed by atoms with E-state index < -0.39 is 0 Å². The zero-order valence-corrected chi connectivity index (χ0v) is 12.5. The van der Waals surface area contributed by atoms with Crippen molar-refractivity contribution in [2.75, 3.05) is 17.7 Å². The highest BCUT2D eigenvalue weighted by molar-refractivity contribution is 5.94. The average Bonchev–Trinajstić information content (AvgIpc) is 2.44. The third kappa shape index (κ3) is 6.57. The smallest absolute Gasteiger partial charge is 0.250 e. The van der Waals surface area contributed by atoms with Gasteiger partial charge in [0.15, 0.2) is 0 Å². The molecule has 0 saturated carbocycles. The molecule has 1 aromatic carbocycles. The van der Waals surface area contributed by atoms with Gasteiger partial charge in [-0.25, -0.2) is 0 Å². The molecular weight excluding hydrogens is 252 g/mol. The molecule has 0 aliphatic rings. The van der Waals surface area contributed by atoms with Crippen LogP contribution in [0.4, 0.5) is 11.4 Å². The number of amides is 1. The molecule has 1 amide bonds. The molecule has 0 fully saturated rings. The standard InChI is InChI=1S/C16H26N2O2/c1-3-4-5-6-9-13(2)20-12-16(19)18-15-11-8-7-10-14(15)17/h7-8,10-11,13H,3-6,9,12,17H2,1-2H3,(H,18,19). The number of nitrogens with one attached hydrogen (secondary N) is 1. The van der Waals surface area contributed by atoms with Gasteiger partial charge < -0.3 is 15.8 Å². The van der Waals surface area contributed by atoms with Gasteiger partial charge in [-0.05, 0) is 25.5 Å². The summed E-state index contributed by atoms with van der Waals surface area (Å²) < 4.78 is 5.54. The van der Waals surface area contributed by atoms with Gasteiger partial charge in [0.25, 0.3) is 0 Å². The SMILES string of the molecule is CCCCCCC(C)OCC(=O)Nc1ccccc1N. The maximum Gasteiger partial charge on any atom is 0.250 e. The minimum Gasteiger partial charge on any atom is -0.397 e. The Hall–Kier alpha value is -1.55. The molecule has 112 valence electrons. The molecule has 0 spiro atoms. The Balaban J connectivity index is 2.21. The predicted molar refractivity (Wildman–Crippen MR) is 83.7 cm³/mol. The minimum absolute atomic E-state index is 0.0727. The molecule has 1 unspecified atom stereocenters. The summed E-state index contributed by atoms with van der Waals surface area (Å²) in [5.41, 5.74) is 6.96. The third-order valence-corrected chi connectivity index (χ3v) is 3.20. The van der Waals surface area contributed by atoms with Crippen LogP contribution in [0, 0.1) is 0 Å². The highest BCUT2D eigenvalue weighted by Gasteiger charge is 2.08. The topological polar surface area (TPSA) is 64.3 Å². The van der Waals surface area contributed by atoms with E-state index in [2.05, 4.69) is 12.2 Å². The van der Waals surface area contributed by atoms with E-state index >= 15 is 0 Å². The van der Waals surface area contributed by atoms with Crippen molar-refractivity contribution in [1.29, 1.82) is 0 Å². The number of hydrogen-bond donors (Lipinski definition) is 2. The van der Waals surface area contributed by atoms with Crippen LogP contribution in [0.25, 0.3) is 0 Å². The molecule has 0 aromatic heterocycles. The molecule has 0 aliphatic heterocycles. The van der Waals surface area contributed by atoms with Gasteiger partial charge >= 0.3 is 0 Å². The Labute approximate surface area is 121 Å². The monoisotopic (exact) mass is 278 g/mol. The van der Waals surface area contributed by atoms with E-state index in [1.54, 1.807) is 12.1 Å². The quantitative estimate of drug-likeness (QED) is 0.536. The summed E-state index contributed by atoms with van der Waals surface area (Å²) in [6, 6.07) is 7.21. The van der Waals surface area contributed by atoms with Gasteiger partial charge in [-0.1, -0.05) is 44.7 Å². The van der Waals surface area contributed by atoms with Gasteiger partial charge in [0, 0.05) is 0 Å². The molecule has 0 aliphatic carbocycles. The van der Waals surface area contributed by atoms with Crippen LogP contribution in [-0.4, -0.2) is 18.6 Å². The summed E-state index contributed by atoms with van der Waals surface area (Å²) in [5.74, 6) is -0.164. The molecular formula is C16H26N2O2. The summed E-state index contributed by atoms with van der Waals surface area (Å²) in [7, 11) is 0. The number of unbranched alkanes of at least 4 members (excludes halogenated alkanes) is 3. The van der Waals surface area contributed by atoms with Crippen LogP contribution in [0.1, 0.15) is 46.0 Å². The van der Waals surface area contributed by atoms with Crippen molar-refractivity contribution in [3.8, 4) is 0 Å². The molecule has 0 heterocycles. The summed E-state index contributed by atoms with van der Waals surface area (Å²) in [5, 5.41) is 2.75. The second-order valence-electron chi connectivity index (χ2n) is 5.11. The maximum absolute atomic E-state index is 11.8. The summed E-state index contributed by atoms with van der Waals surface area (Å²) in [4.78, 5) is 11.8. The predicted octanol–water partition coefficient (Wildman–Crippen LogP) is 3.58. The second-order valence-corrected chi connectivity index (χ2v) is 5.11. The van der Waals surface area contributed by atoms with E-state index in [0.717, 1.165) is 12.8 Å². The van der Waals surface area contributed by atoms with E-state index in [1.807, 2.05) is 19.1 Å². The number of carbonyl (C=O) groups is 1. The Morgan fingerprint density at radius 3 is 2.75 bits per heavy atom. The first kappa shape index (κ1) is 16.5. The van der Waals surface area contributed by atoms with Crippen molar-refractivity contribution >= 4 is 17.3 Å². The van der Waals surface area contributed by atoms with Gasteiger partial charge in [-0.3, -0.25) is 4.79 Å². The molecule has 20 heavy (non-hydrogen) atoms. The van der Waals surface area contributed by atoms with E-state index in [4.69, 9.17) is 10.5 Å². The van der Waals surface area contributed by atoms with Crippen molar-refractivity contribution in [3.05, 3.63) is 24.3 Å². The third-order valence-electron chi connectivity index (χ3n) is 3.20. The number of carbonyl (C=O) groups excluding carboxylic acids is 1. The molecule has 1 rings (SSSR count). The van der Waals surface area contributed by atoms with Crippen LogP contribution in [0.2, 0.25) is 0 Å². The van der Waals surface area contributed by atoms with E-state index in [-0.39, 0.29) is 18.6 Å². The number of hydrogen-bond acceptors (Lipinski definition) is 3. The highest BCUT2D eigenvalue weighted by Crippen LogP contribution is 2.16. The van der Waals surface area contributed by atoms with Crippen molar-refractivity contribution in [1.82, 2.24) is 0 Å². The molecule has 3 N–H and O–H groups in total. The molecule has 0 bridgehead atoms. The number of para-hydroxylation sites is 2. The molecule has 4 nitrogen and oxygen atoms in total. The second kappa shape index (κ2) is 9.37. The van der Waals surface area contributed by atoms with E-state index in [9.17, 15) is 4.79 Å². The number of benzene rings is 1. The lowest BCUT2D eigenvalue weighted by molar-refractivity contribution is -0.122. The Kier molecular flexibility index (Phi) is 7.73. The number of anilines is 2. The lowest BCUT2D eigenvalue weighted by Crippen LogP contribution is -2.22. The minimum atomic E-state index is -0.164. The van der Waals surface area contributed by atoms with Crippen LogP contribution in [0.3, 0.4) is 0 Å². The Morgan fingerprint density at radius 1 is 1.30 bits per heavy atom. The van der Waals surface area contributed by atoms with Crippen molar-refractivity contribution < 1.29 is 9.53 Å². The maximum atomic E-state index is 11.8. The van der Waals surface area contributed by atoms with Crippen molar-refractivity contribution in [3.63, 3.8) is 0 Å². The molecule has 4 heteroatoms. The number of nitrogens with two attached hydrogens (primary N) is 1. The van der Waals surface area contributed by atoms with Gasteiger partial charge in [-0.15, -0.1) is 0 Å². The summed E-state index contributed by atoms with van der Waals surface area (Å²) in [6.07, 6.45) is 6.00. The lowest BCUT2D eigenvalue weighted by atomic mass is 10.1. The van der Waals surface area contributed by atoms with Crippen LogP contribution in [-0.2, 0) is 9.53 Å². The normalized spacial score (nSPS) is 12.1. The van der Waals surface area contributed by atoms with Crippen LogP contribution in [0.15, 0.2) is 24.3 Å². The zero-order chi connectivity index (χ0) is 14.8. The fourth-order valence-electron chi connectivity index (χ4n) is 1.96. The summed E-state index contributed by atoms with van der Waals surface area (Å²) >= 11 is 0. The van der Waals surface area contributed by atoms with Gasteiger partial charge in [-0.2, -0.15) is 0 Å². The van der Waals surface area contributed by atoms with Gasteiger partial charge in [0.05, 0.1) is 17.5 Å². The Morgan fingerprint density at radius 2 is 2.05 bits per heavy atom. The van der Waals surface area contributed by atoms with E-state index in [0.29, 0.717) is 11.4 Å². The Bertz CT molecular complexity index is 407. The van der Waals surface area contributed by atoms with Gasteiger partial charge in [0.2, 0.25) is 5.91 Å². The van der Waals surface area contributed by atoms with E-state index in [1.165, 1.54) is 19.3 Å².